The van der Waals surface area contributed by atoms with Crippen LogP contribution >= 0.6 is 11.3 Å². The van der Waals surface area contributed by atoms with Crippen molar-refractivity contribution in [1.29, 1.82) is 0 Å². The number of hydrogen-bond acceptors (Lipinski definition) is 6. The topological polar surface area (TPSA) is 79.8 Å². The van der Waals surface area contributed by atoms with Crippen molar-refractivity contribution in [2.75, 3.05) is 5.32 Å². The number of nitrogens with one attached hydrogen (secondary N) is 2. The number of aryl methyl sites for hydroxylation is 3. The fourth-order valence-corrected chi connectivity index (χ4v) is 3.16. The van der Waals surface area contributed by atoms with Crippen LogP contribution in [0.25, 0.3) is 0 Å². The van der Waals surface area contributed by atoms with E-state index in [0.29, 0.717) is 17.6 Å². The molecule has 0 spiro atoms. The number of rotatable bonds is 6. The number of anilines is 2. The molecule has 3 rings (SSSR count). The van der Waals surface area contributed by atoms with Crippen molar-refractivity contribution in [3.63, 3.8) is 0 Å². The molecule has 0 atom stereocenters. The minimum Gasteiger partial charge on any atom is -0.352 e. The molecule has 0 aliphatic heterocycles. The monoisotopic (exact) mass is 367 g/mol. The minimum atomic E-state index is -0.0509. The predicted molar refractivity (Wildman–Crippen MR) is 104 cm³/mol. The van der Waals surface area contributed by atoms with E-state index in [2.05, 4.69) is 25.6 Å². The summed E-state index contributed by atoms with van der Waals surface area (Å²) >= 11 is 1.43. The summed E-state index contributed by atoms with van der Waals surface area (Å²) in [5, 5.41) is 8.57. The smallest absolute Gasteiger partial charge is 0.229 e. The van der Waals surface area contributed by atoms with Gasteiger partial charge in [-0.2, -0.15) is 0 Å². The van der Waals surface area contributed by atoms with Gasteiger partial charge in [-0.15, -0.1) is 11.3 Å². The van der Waals surface area contributed by atoms with Gasteiger partial charge in [-0.1, -0.05) is 29.8 Å². The first-order valence-electron chi connectivity index (χ1n) is 8.34. The van der Waals surface area contributed by atoms with E-state index in [4.69, 9.17) is 0 Å². The molecular formula is C19H21N5OS. The van der Waals surface area contributed by atoms with Crippen LogP contribution in [0.1, 0.15) is 28.2 Å². The highest BCUT2D eigenvalue weighted by Gasteiger charge is 2.09. The summed E-state index contributed by atoms with van der Waals surface area (Å²) in [6, 6.07) is 10.0. The lowest BCUT2D eigenvalue weighted by Crippen LogP contribution is -2.24. The van der Waals surface area contributed by atoms with E-state index in [1.807, 2.05) is 56.5 Å². The van der Waals surface area contributed by atoms with E-state index >= 15 is 0 Å². The number of benzene rings is 1. The third kappa shape index (κ3) is 5.10. The molecule has 2 aromatic heterocycles. The van der Waals surface area contributed by atoms with Crippen LogP contribution in [0.2, 0.25) is 0 Å². The normalized spacial score (nSPS) is 10.6. The summed E-state index contributed by atoms with van der Waals surface area (Å²) in [7, 11) is 0. The van der Waals surface area contributed by atoms with Gasteiger partial charge in [-0.3, -0.25) is 4.79 Å². The van der Waals surface area contributed by atoms with E-state index in [1.54, 1.807) is 0 Å². The quantitative estimate of drug-likeness (QED) is 0.697. The first-order valence-corrected chi connectivity index (χ1v) is 9.22. The lowest BCUT2D eigenvalue weighted by atomic mass is 10.1. The van der Waals surface area contributed by atoms with Crippen molar-refractivity contribution >= 4 is 28.3 Å². The maximum atomic E-state index is 12.1. The van der Waals surface area contributed by atoms with Gasteiger partial charge < -0.3 is 10.6 Å². The highest BCUT2D eigenvalue weighted by Crippen LogP contribution is 2.19. The maximum absolute atomic E-state index is 12.1. The van der Waals surface area contributed by atoms with Gasteiger partial charge in [0.25, 0.3) is 0 Å². The molecule has 0 saturated heterocycles. The van der Waals surface area contributed by atoms with Crippen LogP contribution in [-0.4, -0.2) is 20.9 Å². The number of aromatic nitrogens is 3. The first-order chi connectivity index (χ1) is 12.5. The van der Waals surface area contributed by atoms with Crippen LogP contribution in [-0.2, 0) is 17.8 Å². The molecule has 0 bridgehead atoms. The number of thiazole rings is 1. The second kappa shape index (κ2) is 8.05. The Bertz CT molecular complexity index is 884. The van der Waals surface area contributed by atoms with Gasteiger partial charge in [-0.25, -0.2) is 15.0 Å². The van der Waals surface area contributed by atoms with Gasteiger partial charge in [-0.05, 0) is 32.4 Å². The van der Waals surface area contributed by atoms with Crippen molar-refractivity contribution in [1.82, 2.24) is 20.3 Å². The van der Waals surface area contributed by atoms with Gasteiger partial charge in [0, 0.05) is 23.3 Å². The number of amides is 1. The zero-order chi connectivity index (χ0) is 18.5. The Labute approximate surface area is 156 Å². The summed E-state index contributed by atoms with van der Waals surface area (Å²) in [6.07, 6.45) is 0.248. The van der Waals surface area contributed by atoms with E-state index in [1.165, 1.54) is 16.9 Å². The molecule has 7 heteroatoms. The molecule has 0 aliphatic rings. The van der Waals surface area contributed by atoms with E-state index in [9.17, 15) is 4.79 Å². The Balaban J connectivity index is 1.54. The molecule has 1 aromatic carbocycles. The molecule has 2 N–H and O–H groups in total. The molecule has 0 fully saturated rings. The van der Waals surface area contributed by atoms with Crippen molar-refractivity contribution in [3.8, 4) is 0 Å². The molecular weight excluding hydrogens is 346 g/mol. The Morgan fingerprint density at radius 1 is 1.04 bits per heavy atom. The fourth-order valence-electron chi connectivity index (χ4n) is 2.46. The van der Waals surface area contributed by atoms with Gasteiger partial charge in [0.2, 0.25) is 11.9 Å². The highest BCUT2D eigenvalue weighted by molar-refractivity contribution is 7.13. The second-order valence-electron chi connectivity index (χ2n) is 6.18. The number of nitrogens with zero attached hydrogens (tertiary/aromatic N) is 3. The molecule has 0 aliphatic carbocycles. The van der Waals surface area contributed by atoms with Crippen LogP contribution < -0.4 is 10.6 Å². The Morgan fingerprint density at radius 2 is 1.73 bits per heavy atom. The number of carbonyl (C=O) groups is 1. The average molecular weight is 367 g/mol. The third-order valence-electron chi connectivity index (χ3n) is 3.70. The van der Waals surface area contributed by atoms with Gasteiger partial charge in [0.05, 0.1) is 12.1 Å². The largest absolute Gasteiger partial charge is 0.352 e. The molecule has 0 saturated carbocycles. The summed E-state index contributed by atoms with van der Waals surface area (Å²) in [4.78, 5) is 25.2. The van der Waals surface area contributed by atoms with Crippen molar-refractivity contribution in [3.05, 3.63) is 63.9 Å². The van der Waals surface area contributed by atoms with Crippen molar-refractivity contribution in [2.24, 2.45) is 0 Å². The Morgan fingerprint density at radius 3 is 2.42 bits per heavy atom. The molecule has 3 aromatic rings. The average Bonchev–Trinajstić information content (AvgIpc) is 3.00. The van der Waals surface area contributed by atoms with Crippen molar-refractivity contribution < 1.29 is 4.79 Å². The van der Waals surface area contributed by atoms with Crippen LogP contribution in [0.5, 0.6) is 0 Å². The minimum absolute atomic E-state index is 0.0509. The van der Waals surface area contributed by atoms with Crippen LogP contribution in [0.4, 0.5) is 11.1 Å². The van der Waals surface area contributed by atoms with E-state index in [0.717, 1.165) is 22.6 Å². The molecule has 1 amide bonds. The maximum Gasteiger partial charge on any atom is 0.229 e. The predicted octanol–water partition coefficient (Wildman–Crippen LogP) is 3.46. The molecule has 26 heavy (non-hydrogen) atoms. The van der Waals surface area contributed by atoms with Gasteiger partial charge in [0.1, 0.15) is 0 Å². The van der Waals surface area contributed by atoms with Gasteiger partial charge in [0.15, 0.2) is 5.13 Å². The lowest BCUT2D eigenvalue weighted by molar-refractivity contribution is -0.120. The Kier molecular flexibility index (Phi) is 5.58. The van der Waals surface area contributed by atoms with Gasteiger partial charge >= 0.3 is 0 Å². The number of hydrogen-bond donors (Lipinski definition) is 2. The lowest BCUT2D eigenvalue weighted by Gasteiger charge is -2.05. The molecule has 6 nitrogen and oxygen atoms in total. The molecule has 0 unspecified atom stereocenters. The summed E-state index contributed by atoms with van der Waals surface area (Å²) in [5.74, 6) is 0.470. The third-order valence-corrected chi connectivity index (χ3v) is 4.51. The number of carbonyl (C=O) groups excluding carboxylic acids is 1. The van der Waals surface area contributed by atoms with E-state index < -0.39 is 0 Å². The zero-order valence-electron chi connectivity index (χ0n) is 15.0. The highest BCUT2D eigenvalue weighted by atomic mass is 32.1. The standard InChI is InChI=1S/C19H21N5OS/c1-12-4-6-15(7-5-12)10-20-17(25)9-16-11-26-19(23-16)24-18-21-13(2)8-14(3)22-18/h4-8,11H,9-10H2,1-3H3,(H,20,25)(H,21,22,23,24). The summed E-state index contributed by atoms with van der Waals surface area (Å²) in [6.45, 7) is 6.40. The molecule has 0 radical (unpaired) electrons. The van der Waals surface area contributed by atoms with E-state index in [-0.39, 0.29) is 12.3 Å². The van der Waals surface area contributed by atoms with Crippen LogP contribution in [0, 0.1) is 20.8 Å². The SMILES string of the molecule is Cc1ccc(CNC(=O)Cc2csc(Nc3nc(C)cc(C)n3)n2)cc1. The molecule has 2 heterocycles. The summed E-state index contributed by atoms with van der Waals surface area (Å²) in [5.41, 5.74) is 4.80. The fraction of sp³-hybridized carbons (Fsp3) is 0.263. The zero-order valence-corrected chi connectivity index (χ0v) is 15.9. The molecule has 134 valence electrons. The summed E-state index contributed by atoms with van der Waals surface area (Å²) < 4.78 is 0. The second-order valence-corrected chi connectivity index (χ2v) is 7.04. The Hall–Kier alpha value is -2.80. The van der Waals surface area contributed by atoms with Crippen LogP contribution in [0.3, 0.4) is 0 Å². The van der Waals surface area contributed by atoms with Crippen molar-refractivity contribution in [2.45, 2.75) is 33.7 Å². The first kappa shape index (κ1) is 18.0. The van der Waals surface area contributed by atoms with Crippen LogP contribution in [0.15, 0.2) is 35.7 Å².